The van der Waals surface area contributed by atoms with E-state index >= 15 is 0 Å². The summed E-state index contributed by atoms with van der Waals surface area (Å²) in [5.74, 6) is -0.880. The van der Waals surface area contributed by atoms with E-state index in [0.717, 1.165) is 24.0 Å². The van der Waals surface area contributed by atoms with Crippen LogP contribution in [0.1, 0.15) is 55.7 Å². The molecule has 0 aliphatic heterocycles. The van der Waals surface area contributed by atoms with E-state index in [4.69, 9.17) is 9.84 Å². The van der Waals surface area contributed by atoms with Gasteiger partial charge in [-0.1, -0.05) is 13.0 Å². The van der Waals surface area contributed by atoms with E-state index in [1.165, 1.54) is 0 Å². The summed E-state index contributed by atoms with van der Waals surface area (Å²) in [6.07, 6.45) is 1.37. The fourth-order valence-electron chi connectivity index (χ4n) is 6.19. The molecule has 7 atom stereocenters. The molecular formula is C22H29NO7. The number of aromatic hydroxyl groups is 1. The number of carboxylic acid groups (broad SMARTS) is 1. The number of aliphatic hydroxyl groups excluding tert-OH is 2. The quantitative estimate of drug-likeness (QED) is 0.485. The molecule has 8 nitrogen and oxygen atoms in total. The van der Waals surface area contributed by atoms with Crippen molar-refractivity contribution >= 4 is 11.9 Å². The second-order valence-electron chi connectivity index (χ2n) is 9.22. The predicted molar refractivity (Wildman–Crippen MR) is 106 cm³/mol. The molecule has 1 unspecified atom stereocenters. The zero-order chi connectivity index (χ0) is 21.6. The number of ether oxygens (including phenoxy) is 1. The normalized spacial score (nSPS) is 37.0. The van der Waals surface area contributed by atoms with Gasteiger partial charge < -0.3 is 30.5 Å². The average Bonchev–Trinajstić information content (AvgIpc) is 2.92. The number of phenolic OH excluding ortho intramolecular Hbond substituents is 1. The fourth-order valence-corrected chi connectivity index (χ4v) is 6.19. The standard InChI is InChI=1S/C22H29NO7/c1-22-5-4-13-12-3-2-11(24)6-15(12)17(23-19(26)9-30-10-20(27)28)7-14(13)16(22)8-18(25)21(22)29/h2-3,6,13-14,16-18,21,24-25,29H,4-5,7-10H2,1H3,(H,23,26)(H,27,28)/t13-,14-,16+,17?,18-,21+,22+/m1/s1. The second kappa shape index (κ2) is 7.83. The highest BCUT2D eigenvalue weighted by atomic mass is 16.5. The molecule has 164 valence electrons. The van der Waals surface area contributed by atoms with Crippen molar-refractivity contribution in [3.8, 4) is 5.75 Å². The van der Waals surface area contributed by atoms with Crippen LogP contribution in [0.15, 0.2) is 18.2 Å². The minimum absolute atomic E-state index is 0.126. The van der Waals surface area contributed by atoms with Gasteiger partial charge in [-0.2, -0.15) is 0 Å². The van der Waals surface area contributed by atoms with Gasteiger partial charge in [0.25, 0.3) is 0 Å². The molecule has 8 heteroatoms. The van der Waals surface area contributed by atoms with Gasteiger partial charge in [-0.05, 0) is 72.1 Å². The van der Waals surface area contributed by atoms with Crippen LogP contribution in [-0.4, -0.2) is 57.7 Å². The molecule has 30 heavy (non-hydrogen) atoms. The van der Waals surface area contributed by atoms with Crippen molar-refractivity contribution in [2.24, 2.45) is 17.3 Å². The maximum Gasteiger partial charge on any atom is 0.329 e. The maximum absolute atomic E-state index is 12.4. The molecule has 3 aliphatic carbocycles. The lowest BCUT2D eigenvalue weighted by Crippen LogP contribution is -2.47. The number of carboxylic acids is 1. The Balaban J connectivity index is 1.60. The summed E-state index contributed by atoms with van der Waals surface area (Å²) in [5.41, 5.74) is 1.60. The lowest BCUT2D eigenvalue weighted by Gasteiger charge is -2.51. The van der Waals surface area contributed by atoms with Crippen LogP contribution in [0.4, 0.5) is 0 Å². The average molecular weight is 419 g/mol. The van der Waals surface area contributed by atoms with Crippen LogP contribution in [0.25, 0.3) is 0 Å². The number of benzene rings is 1. The number of carbonyl (C=O) groups excluding carboxylic acids is 1. The first-order chi connectivity index (χ1) is 14.2. The van der Waals surface area contributed by atoms with Crippen LogP contribution >= 0.6 is 0 Å². The highest BCUT2D eigenvalue weighted by Gasteiger charge is 2.58. The molecule has 1 aromatic carbocycles. The third kappa shape index (κ3) is 3.57. The number of carbonyl (C=O) groups is 2. The Hall–Kier alpha value is -2.16. The van der Waals surface area contributed by atoms with Gasteiger partial charge in [-0.25, -0.2) is 4.79 Å². The Morgan fingerprint density at radius 1 is 1.20 bits per heavy atom. The minimum Gasteiger partial charge on any atom is -0.508 e. The zero-order valence-corrected chi connectivity index (χ0v) is 17.0. The van der Waals surface area contributed by atoms with Gasteiger partial charge in [0.2, 0.25) is 5.91 Å². The Bertz CT molecular complexity index is 843. The fraction of sp³-hybridized carbons (Fsp3) is 0.636. The number of nitrogens with one attached hydrogen (secondary N) is 1. The van der Waals surface area contributed by atoms with E-state index in [-0.39, 0.29) is 41.6 Å². The topological polar surface area (TPSA) is 136 Å². The van der Waals surface area contributed by atoms with E-state index in [2.05, 4.69) is 12.2 Å². The smallest absolute Gasteiger partial charge is 0.329 e. The Morgan fingerprint density at radius 3 is 2.70 bits per heavy atom. The third-order valence-electron chi connectivity index (χ3n) is 7.56. The van der Waals surface area contributed by atoms with E-state index in [0.29, 0.717) is 12.8 Å². The molecule has 0 heterocycles. The molecule has 1 amide bonds. The van der Waals surface area contributed by atoms with E-state index < -0.39 is 30.7 Å². The largest absolute Gasteiger partial charge is 0.508 e. The van der Waals surface area contributed by atoms with Crippen molar-refractivity contribution < 1.29 is 34.8 Å². The van der Waals surface area contributed by atoms with Gasteiger partial charge in [0.1, 0.15) is 19.0 Å². The Labute approximate surface area is 174 Å². The second-order valence-corrected chi connectivity index (χ2v) is 9.22. The number of aliphatic carboxylic acids is 1. The van der Waals surface area contributed by atoms with E-state index in [1.54, 1.807) is 12.1 Å². The van der Waals surface area contributed by atoms with Crippen LogP contribution in [-0.2, 0) is 14.3 Å². The summed E-state index contributed by atoms with van der Waals surface area (Å²) in [6.45, 7) is 1.15. The molecule has 2 fully saturated rings. The summed E-state index contributed by atoms with van der Waals surface area (Å²) >= 11 is 0. The number of phenols is 1. The molecule has 0 bridgehead atoms. The number of hydrogen-bond acceptors (Lipinski definition) is 6. The zero-order valence-electron chi connectivity index (χ0n) is 17.0. The van der Waals surface area contributed by atoms with Crippen LogP contribution in [0.2, 0.25) is 0 Å². The molecule has 4 rings (SSSR count). The molecule has 0 saturated heterocycles. The van der Waals surface area contributed by atoms with E-state index in [9.17, 15) is 24.9 Å². The van der Waals surface area contributed by atoms with Crippen molar-refractivity contribution in [3.63, 3.8) is 0 Å². The number of aliphatic hydroxyl groups is 2. The van der Waals surface area contributed by atoms with E-state index in [1.807, 2.05) is 6.07 Å². The molecule has 1 aromatic rings. The van der Waals surface area contributed by atoms with Crippen molar-refractivity contribution in [2.45, 2.75) is 56.8 Å². The molecule has 2 saturated carbocycles. The minimum atomic E-state index is -1.14. The van der Waals surface area contributed by atoms with Gasteiger partial charge in [-0.15, -0.1) is 0 Å². The molecule has 0 aromatic heterocycles. The van der Waals surface area contributed by atoms with Crippen molar-refractivity contribution in [1.29, 1.82) is 0 Å². The van der Waals surface area contributed by atoms with Crippen molar-refractivity contribution in [2.75, 3.05) is 13.2 Å². The summed E-state index contributed by atoms with van der Waals surface area (Å²) < 4.78 is 4.90. The van der Waals surface area contributed by atoms with Gasteiger partial charge in [0, 0.05) is 0 Å². The Morgan fingerprint density at radius 2 is 1.97 bits per heavy atom. The van der Waals surface area contributed by atoms with Gasteiger partial charge in [0.05, 0.1) is 18.2 Å². The monoisotopic (exact) mass is 419 g/mol. The molecule has 0 spiro atoms. The first-order valence-electron chi connectivity index (χ1n) is 10.5. The lowest BCUT2D eigenvalue weighted by molar-refractivity contribution is -0.143. The van der Waals surface area contributed by atoms with Crippen molar-refractivity contribution in [1.82, 2.24) is 5.32 Å². The summed E-state index contributed by atoms with van der Waals surface area (Å²) in [7, 11) is 0. The highest BCUT2D eigenvalue weighted by molar-refractivity contribution is 5.78. The first-order valence-corrected chi connectivity index (χ1v) is 10.5. The molecule has 5 N–H and O–H groups in total. The summed E-state index contributed by atoms with van der Waals surface area (Å²) in [5, 5.41) is 42.6. The lowest BCUT2D eigenvalue weighted by atomic mass is 9.54. The summed E-state index contributed by atoms with van der Waals surface area (Å²) in [6, 6.07) is 4.89. The van der Waals surface area contributed by atoms with Crippen LogP contribution in [0.3, 0.4) is 0 Å². The Kier molecular flexibility index (Phi) is 5.50. The van der Waals surface area contributed by atoms with Gasteiger partial charge in [-0.3, -0.25) is 4.79 Å². The predicted octanol–water partition coefficient (Wildman–Crippen LogP) is 1.30. The molecule has 0 radical (unpaired) electrons. The summed E-state index contributed by atoms with van der Waals surface area (Å²) in [4.78, 5) is 23.0. The number of amides is 1. The van der Waals surface area contributed by atoms with Crippen molar-refractivity contribution in [3.05, 3.63) is 29.3 Å². The number of rotatable bonds is 5. The number of hydrogen-bond donors (Lipinski definition) is 5. The highest BCUT2D eigenvalue weighted by Crippen LogP contribution is 2.62. The van der Waals surface area contributed by atoms with Crippen LogP contribution in [0, 0.1) is 17.3 Å². The SMILES string of the molecule is C[C@]12CC[C@@H]3c4ccc(O)cc4C(NC(=O)COCC(=O)O)C[C@H]3[C@@H]1C[C@@H](O)[C@@H]2O. The van der Waals surface area contributed by atoms with Gasteiger partial charge >= 0.3 is 5.97 Å². The molecular weight excluding hydrogens is 390 g/mol. The van der Waals surface area contributed by atoms with Gasteiger partial charge in [0.15, 0.2) is 0 Å². The number of fused-ring (bicyclic) bond motifs is 5. The van der Waals surface area contributed by atoms with Crippen LogP contribution < -0.4 is 5.32 Å². The maximum atomic E-state index is 12.4. The van der Waals surface area contributed by atoms with Crippen LogP contribution in [0.5, 0.6) is 5.75 Å². The molecule has 3 aliphatic rings. The third-order valence-corrected chi connectivity index (χ3v) is 7.56. The first kappa shape index (κ1) is 21.1.